The van der Waals surface area contributed by atoms with Crippen LogP contribution in [0, 0.1) is 25.7 Å². The van der Waals surface area contributed by atoms with Crippen LogP contribution in [-0.4, -0.2) is 5.78 Å². The average Bonchev–Trinajstić information content (AvgIpc) is 2.53. The van der Waals surface area contributed by atoms with Crippen LogP contribution >= 0.6 is 0 Å². The Hall–Kier alpha value is -1.93. The number of quaternary nitrogens is 1. The van der Waals surface area contributed by atoms with Crippen LogP contribution in [0.4, 0.5) is 0 Å². The summed E-state index contributed by atoms with van der Waals surface area (Å²) in [6.45, 7) is 8.38. The quantitative estimate of drug-likeness (QED) is 0.905. The van der Waals surface area contributed by atoms with Crippen molar-refractivity contribution in [2.24, 2.45) is 11.8 Å². The number of Topliss-reactive ketones (excluding diaryl/α,β-unsaturated/α-hetero) is 1. The molecule has 0 radical (unpaired) electrons. The van der Waals surface area contributed by atoms with Gasteiger partial charge in [-0.15, -0.1) is 0 Å². The molecular formula is C21H26NO+. The maximum absolute atomic E-state index is 12.8. The van der Waals surface area contributed by atoms with Crippen molar-refractivity contribution in [3.63, 3.8) is 0 Å². The first-order valence-corrected chi connectivity index (χ1v) is 8.49. The molecule has 0 aliphatic carbocycles. The van der Waals surface area contributed by atoms with Crippen LogP contribution in [0.1, 0.15) is 48.2 Å². The van der Waals surface area contributed by atoms with Crippen molar-refractivity contribution in [1.29, 1.82) is 0 Å². The first-order valence-electron chi connectivity index (χ1n) is 8.49. The van der Waals surface area contributed by atoms with Gasteiger partial charge in [0.15, 0.2) is 5.78 Å². The lowest BCUT2D eigenvalue weighted by Gasteiger charge is -2.36. The molecule has 1 aliphatic rings. The predicted octanol–water partition coefficient (Wildman–Crippen LogP) is 3.50. The maximum atomic E-state index is 12.8. The molecule has 0 unspecified atom stereocenters. The van der Waals surface area contributed by atoms with Crippen LogP contribution in [0.5, 0.6) is 0 Å². The lowest BCUT2D eigenvalue weighted by atomic mass is 9.76. The standard InChI is InChI=1S/C21H25NO/c1-13-7-5-9-17(11-13)19-15(3)21(23)16(4)20(22-19)18-10-6-8-14(2)12-18/h5-12,15-16,19-20,22H,1-4H3/p+1/t15-,16-,19-,20+/m1/s1. The Bertz CT molecular complexity index is 662. The summed E-state index contributed by atoms with van der Waals surface area (Å²) in [5.41, 5.74) is 5.02. The molecule has 0 spiro atoms. The largest absolute Gasteiger partial charge is 0.333 e. The summed E-state index contributed by atoms with van der Waals surface area (Å²) in [7, 11) is 0. The molecule has 2 heteroatoms. The Morgan fingerprint density at radius 1 is 0.783 bits per heavy atom. The van der Waals surface area contributed by atoms with Gasteiger partial charge in [0.1, 0.15) is 12.1 Å². The molecule has 0 saturated carbocycles. The topological polar surface area (TPSA) is 33.7 Å². The molecule has 23 heavy (non-hydrogen) atoms. The fraction of sp³-hybridized carbons (Fsp3) is 0.381. The Kier molecular flexibility index (Phi) is 4.36. The molecule has 1 fully saturated rings. The summed E-state index contributed by atoms with van der Waals surface area (Å²) in [6, 6.07) is 17.5. The van der Waals surface area contributed by atoms with Crippen molar-refractivity contribution in [1.82, 2.24) is 0 Å². The van der Waals surface area contributed by atoms with Crippen LogP contribution in [0.25, 0.3) is 0 Å². The zero-order chi connectivity index (χ0) is 16.6. The van der Waals surface area contributed by atoms with E-state index in [-0.39, 0.29) is 23.9 Å². The second-order valence-electron chi connectivity index (χ2n) is 7.05. The molecule has 1 saturated heterocycles. The Labute approximate surface area is 138 Å². The van der Waals surface area contributed by atoms with E-state index >= 15 is 0 Å². The lowest BCUT2D eigenvalue weighted by Crippen LogP contribution is -2.91. The van der Waals surface area contributed by atoms with Gasteiger partial charge in [0.25, 0.3) is 0 Å². The second kappa shape index (κ2) is 6.29. The van der Waals surface area contributed by atoms with E-state index in [2.05, 4.69) is 81.5 Å². The van der Waals surface area contributed by atoms with E-state index in [9.17, 15) is 4.79 Å². The molecule has 120 valence electrons. The van der Waals surface area contributed by atoms with Gasteiger partial charge in [0, 0.05) is 11.1 Å². The van der Waals surface area contributed by atoms with Crippen LogP contribution < -0.4 is 5.32 Å². The molecule has 4 atom stereocenters. The third-order valence-corrected chi connectivity index (χ3v) is 5.24. The van der Waals surface area contributed by atoms with Crippen LogP contribution in [0.2, 0.25) is 0 Å². The number of hydrogen-bond acceptors (Lipinski definition) is 1. The number of aryl methyl sites for hydroxylation is 2. The van der Waals surface area contributed by atoms with Gasteiger partial charge in [-0.05, 0) is 27.7 Å². The summed E-state index contributed by atoms with van der Waals surface area (Å²) >= 11 is 0. The van der Waals surface area contributed by atoms with Gasteiger partial charge >= 0.3 is 0 Å². The zero-order valence-electron chi connectivity index (χ0n) is 14.4. The summed E-state index contributed by atoms with van der Waals surface area (Å²) in [6.07, 6.45) is 0. The lowest BCUT2D eigenvalue weighted by molar-refractivity contribution is -0.748. The van der Waals surface area contributed by atoms with E-state index in [0.29, 0.717) is 5.78 Å². The summed E-state index contributed by atoms with van der Waals surface area (Å²) in [5, 5.41) is 2.40. The molecule has 0 amide bonds. The van der Waals surface area contributed by atoms with E-state index in [1.807, 2.05) is 0 Å². The van der Waals surface area contributed by atoms with E-state index in [0.717, 1.165) is 0 Å². The zero-order valence-corrected chi connectivity index (χ0v) is 14.4. The molecule has 0 bridgehead atoms. The van der Waals surface area contributed by atoms with Crippen molar-refractivity contribution < 1.29 is 10.1 Å². The highest BCUT2D eigenvalue weighted by molar-refractivity contribution is 5.84. The Balaban J connectivity index is 1.97. The fourth-order valence-electron chi connectivity index (χ4n) is 3.88. The Morgan fingerprint density at radius 2 is 1.22 bits per heavy atom. The number of nitrogens with two attached hydrogens (primary N) is 1. The van der Waals surface area contributed by atoms with Crippen molar-refractivity contribution in [3.8, 4) is 0 Å². The van der Waals surface area contributed by atoms with Gasteiger partial charge in [0.2, 0.25) is 0 Å². The van der Waals surface area contributed by atoms with E-state index in [1.165, 1.54) is 22.3 Å². The highest BCUT2D eigenvalue weighted by Gasteiger charge is 2.43. The fourth-order valence-corrected chi connectivity index (χ4v) is 3.88. The molecule has 0 aromatic heterocycles. The molecule has 1 aliphatic heterocycles. The summed E-state index contributed by atoms with van der Waals surface area (Å²) in [5.74, 6) is 0.478. The van der Waals surface area contributed by atoms with Crippen LogP contribution in [0.3, 0.4) is 0 Å². The smallest absolute Gasteiger partial charge is 0.151 e. The van der Waals surface area contributed by atoms with E-state index in [4.69, 9.17) is 0 Å². The van der Waals surface area contributed by atoms with E-state index in [1.54, 1.807) is 0 Å². The number of benzene rings is 2. The summed E-state index contributed by atoms with van der Waals surface area (Å²) in [4.78, 5) is 12.8. The molecule has 3 rings (SSSR count). The van der Waals surface area contributed by atoms with Gasteiger partial charge < -0.3 is 5.32 Å². The number of hydrogen-bond donors (Lipinski definition) is 1. The maximum Gasteiger partial charge on any atom is 0.151 e. The minimum Gasteiger partial charge on any atom is -0.333 e. The first-order chi connectivity index (χ1) is 11.0. The monoisotopic (exact) mass is 308 g/mol. The SMILES string of the molecule is Cc1cccc([C@H]2[NH2+][C@@H](c3cccc(C)c3)[C@@H](C)C(=O)[C@@H]2C)c1. The minimum atomic E-state index is 0.0489. The minimum absolute atomic E-state index is 0.0489. The molecule has 2 N–H and O–H groups in total. The van der Waals surface area contributed by atoms with Gasteiger partial charge in [-0.1, -0.05) is 59.7 Å². The molecule has 2 aromatic rings. The normalized spacial score (nSPS) is 27.9. The number of carbonyl (C=O) groups excluding carboxylic acids is 1. The van der Waals surface area contributed by atoms with Crippen molar-refractivity contribution in [3.05, 3.63) is 70.8 Å². The first kappa shape index (κ1) is 15.9. The highest BCUT2D eigenvalue weighted by atomic mass is 16.1. The molecule has 1 heterocycles. The summed E-state index contributed by atoms with van der Waals surface area (Å²) < 4.78 is 0. The third kappa shape index (κ3) is 3.09. The van der Waals surface area contributed by atoms with Crippen molar-refractivity contribution >= 4 is 5.78 Å². The predicted molar refractivity (Wildman–Crippen MR) is 93.1 cm³/mol. The highest BCUT2D eigenvalue weighted by Crippen LogP contribution is 2.32. The molecule has 2 aromatic carbocycles. The number of piperidine rings is 1. The number of carbonyl (C=O) groups is 1. The van der Waals surface area contributed by atoms with Gasteiger partial charge in [-0.3, -0.25) is 4.79 Å². The van der Waals surface area contributed by atoms with E-state index < -0.39 is 0 Å². The van der Waals surface area contributed by atoms with Gasteiger partial charge in [0.05, 0.1) is 11.8 Å². The van der Waals surface area contributed by atoms with Gasteiger partial charge in [-0.2, -0.15) is 0 Å². The third-order valence-electron chi connectivity index (χ3n) is 5.24. The van der Waals surface area contributed by atoms with Crippen LogP contribution in [-0.2, 0) is 4.79 Å². The number of ketones is 1. The van der Waals surface area contributed by atoms with Crippen LogP contribution in [0.15, 0.2) is 48.5 Å². The average molecular weight is 308 g/mol. The molecule has 2 nitrogen and oxygen atoms in total. The number of rotatable bonds is 2. The Morgan fingerprint density at radius 3 is 1.61 bits per heavy atom. The molecular weight excluding hydrogens is 282 g/mol. The van der Waals surface area contributed by atoms with Gasteiger partial charge in [-0.25, -0.2) is 0 Å². The van der Waals surface area contributed by atoms with Crippen molar-refractivity contribution in [2.45, 2.75) is 39.8 Å². The second-order valence-corrected chi connectivity index (χ2v) is 7.05. The van der Waals surface area contributed by atoms with Crippen molar-refractivity contribution in [2.75, 3.05) is 0 Å².